The first-order chi connectivity index (χ1) is 11.7. The molecule has 24 heavy (non-hydrogen) atoms. The second kappa shape index (κ2) is 6.24. The summed E-state index contributed by atoms with van der Waals surface area (Å²) in [5.41, 5.74) is 2.01. The summed E-state index contributed by atoms with van der Waals surface area (Å²) >= 11 is 1.54. The number of hydrogen-bond donors (Lipinski definition) is 0. The standard InChI is InChI=1S/C19H18N2O2S/c1-23-15-9-10-16-17(11-15)24-19(20-16)21(18(22)14-7-8-14)12-13-5-3-2-4-6-13/h2-6,9-11,14H,7-8,12H2,1H3. The Hall–Kier alpha value is -2.40. The van der Waals surface area contributed by atoms with Crippen LogP contribution >= 0.6 is 11.3 Å². The van der Waals surface area contributed by atoms with E-state index in [0.29, 0.717) is 6.54 Å². The summed E-state index contributed by atoms with van der Waals surface area (Å²) in [4.78, 5) is 19.3. The zero-order chi connectivity index (χ0) is 16.5. The molecule has 1 aliphatic rings. The quantitative estimate of drug-likeness (QED) is 0.698. The van der Waals surface area contributed by atoms with Crippen LogP contribution in [0, 0.1) is 5.92 Å². The highest BCUT2D eigenvalue weighted by atomic mass is 32.1. The van der Waals surface area contributed by atoms with Crippen LogP contribution in [0.4, 0.5) is 5.13 Å². The molecule has 3 aromatic rings. The van der Waals surface area contributed by atoms with Crippen molar-refractivity contribution >= 4 is 32.6 Å². The number of anilines is 1. The molecule has 4 nitrogen and oxygen atoms in total. The van der Waals surface area contributed by atoms with Gasteiger partial charge in [-0.25, -0.2) is 4.98 Å². The third-order valence-electron chi connectivity index (χ3n) is 4.19. The molecule has 5 heteroatoms. The van der Waals surface area contributed by atoms with E-state index in [9.17, 15) is 4.79 Å². The Morgan fingerprint density at radius 1 is 1.25 bits per heavy atom. The van der Waals surface area contributed by atoms with Gasteiger partial charge in [-0.05, 0) is 36.6 Å². The molecule has 0 radical (unpaired) electrons. The third kappa shape index (κ3) is 2.99. The average molecular weight is 338 g/mol. The second-order valence-electron chi connectivity index (χ2n) is 6.01. The van der Waals surface area contributed by atoms with Crippen LogP contribution < -0.4 is 9.64 Å². The normalized spacial score (nSPS) is 13.9. The number of carbonyl (C=O) groups excluding carboxylic acids is 1. The zero-order valence-corrected chi connectivity index (χ0v) is 14.3. The fraction of sp³-hybridized carbons (Fsp3) is 0.263. The van der Waals surface area contributed by atoms with E-state index in [1.165, 1.54) is 0 Å². The number of amides is 1. The van der Waals surface area contributed by atoms with Gasteiger partial charge in [0, 0.05) is 5.92 Å². The van der Waals surface area contributed by atoms with E-state index in [1.54, 1.807) is 18.4 Å². The largest absolute Gasteiger partial charge is 0.497 e. The highest BCUT2D eigenvalue weighted by molar-refractivity contribution is 7.22. The fourth-order valence-corrected chi connectivity index (χ4v) is 3.69. The molecule has 1 aromatic heterocycles. The first kappa shape index (κ1) is 15.1. The van der Waals surface area contributed by atoms with Crippen LogP contribution in [0.5, 0.6) is 5.75 Å². The summed E-state index contributed by atoms with van der Waals surface area (Å²) in [6.07, 6.45) is 1.98. The maximum atomic E-state index is 12.8. The number of fused-ring (bicyclic) bond motifs is 1. The Labute approximate surface area is 144 Å². The van der Waals surface area contributed by atoms with Crippen LogP contribution in [0.1, 0.15) is 18.4 Å². The number of thiazole rings is 1. The van der Waals surface area contributed by atoms with Crippen molar-refractivity contribution in [2.75, 3.05) is 12.0 Å². The molecule has 0 atom stereocenters. The van der Waals surface area contributed by atoms with Crippen molar-refractivity contribution in [3.05, 3.63) is 54.1 Å². The molecule has 0 saturated heterocycles. The molecule has 0 aliphatic heterocycles. The molecule has 1 fully saturated rings. The van der Waals surface area contributed by atoms with Crippen LogP contribution in [-0.4, -0.2) is 18.0 Å². The van der Waals surface area contributed by atoms with Crippen molar-refractivity contribution < 1.29 is 9.53 Å². The van der Waals surface area contributed by atoms with Gasteiger partial charge in [0.2, 0.25) is 5.91 Å². The van der Waals surface area contributed by atoms with Gasteiger partial charge in [0.05, 0.1) is 23.9 Å². The minimum atomic E-state index is 0.162. The van der Waals surface area contributed by atoms with E-state index in [-0.39, 0.29) is 11.8 Å². The number of rotatable bonds is 5. The van der Waals surface area contributed by atoms with Gasteiger partial charge >= 0.3 is 0 Å². The summed E-state index contributed by atoms with van der Waals surface area (Å²) in [5, 5.41) is 0.763. The SMILES string of the molecule is COc1ccc2nc(N(Cc3ccccc3)C(=O)C3CC3)sc2c1. The van der Waals surface area contributed by atoms with Crippen molar-refractivity contribution in [2.45, 2.75) is 19.4 Å². The summed E-state index contributed by atoms with van der Waals surface area (Å²) in [7, 11) is 1.65. The van der Waals surface area contributed by atoms with Crippen molar-refractivity contribution in [2.24, 2.45) is 5.92 Å². The molecule has 1 aliphatic carbocycles. The highest BCUT2D eigenvalue weighted by Crippen LogP contribution is 2.37. The second-order valence-corrected chi connectivity index (χ2v) is 7.02. The summed E-state index contributed by atoms with van der Waals surface area (Å²) in [6, 6.07) is 15.9. The first-order valence-corrected chi connectivity index (χ1v) is 8.86. The molecule has 0 unspecified atom stereocenters. The van der Waals surface area contributed by atoms with E-state index in [4.69, 9.17) is 4.74 Å². The maximum absolute atomic E-state index is 12.8. The minimum absolute atomic E-state index is 0.162. The number of carbonyl (C=O) groups is 1. The molecule has 122 valence electrons. The van der Waals surface area contributed by atoms with Gasteiger partial charge in [-0.1, -0.05) is 41.7 Å². The Morgan fingerprint density at radius 2 is 2.04 bits per heavy atom. The van der Waals surface area contributed by atoms with Crippen LogP contribution in [0.3, 0.4) is 0 Å². The average Bonchev–Trinajstić information content (AvgIpc) is 3.38. The fourth-order valence-electron chi connectivity index (χ4n) is 2.69. The predicted octanol–water partition coefficient (Wildman–Crippen LogP) is 4.25. The number of benzene rings is 2. The lowest BCUT2D eigenvalue weighted by Crippen LogP contribution is -2.31. The van der Waals surface area contributed by atoms with E-state index < -0.39 is 0 Å². The van der Waals surface area contributed by atoms with Crippen LogP contribution in [0.15, 0.2) is 48.5 Å². The molecule has 4 rings (SSSR count). The monoisotopic (exact) mass is 338 g/mol. The van der Waals surface area contributed by atoms with Crippen molar-refractivity contribution in [3.8, 4) is 5.75 Å². The van der Waals surface area contributed by atoms with E-state index >= 15 is 0 Å². The van der Waals surface area contributed by atoms with Gasteiger partial charge in [0.15, 0.2) is 5.13 Å². The number of hydrogen-bond acceptors (Lipinski definition) is 4. The van der Waals surface area contributed by atoms with Crippen molar-refractivity contribution in [1.29, 1.82) is 0 Å². The molecule has 2 aromatic carbocycles. The molecule has 1 amide bonds. The lowest BCUT2D eigenvalue weighted by atomic mass is 10.2. The molecular weight excluding hydrogens is 320 g/mol. The van der Waals surface area contributed by atoms with E-state index in [0.717, 1.165) is 39.5 Å². The van der Waals surface area contributed by atoms with Crippen LogP contribution in [-0.2, 0) is 11.3 Å². The Bertz CT molecular complexity index is 871. The van der Waals surface area contributed by atoms with Gasteiger partial charge in [-0.3, -0.25) is 9.69 Å². The lowest BCUT2D eigenvalue weighted by molar-refractivity contribution is -0.119. The number of ether oxygens (including phenoxy) is 1. The molecule has 0 spiro atoms. The van der Waals surface area contributed by atoms with Crippen LogP contribution in [0.2, 0.25) is 0 Å². The van der Waals surface area contributed by atoms with E-state index in [2.05, 4.69) is 4.98 Å². The zero-order valence-electron chi connectivity index (χ0n) is 13.4. The number of nitrogens with zero attached hydrogens (tertiary/aromatic N) is 2. The molecule has 1 heterocycles. The van der Waals surface area contributed by atoms with Gasteiger partial charge < -0.3 is 4.74 Å². The van der Waals surface area contributed by atoms with Crippen molar-refractivity contribution in [1.82, 2.24) is 4.98 Å². The number of methoxy groups -OCH3 is 1. The molecular formula is C19H18N2O2S. The minimum Gasteiger partial charge on any atom is -0.497 e. The lowest BCUT2D eigenvalue weighted by Gasteiger charge is -2.19. The molecule has 1 saturated carbocycles. The topological polar surface area (TPSA) is 42.4 Å². The van der Waals surface area contributed by atoms with Gasteiger partial charge in [-0.2, -0.15) is 0 Å². The Morgan fingerprint density at radius 3 is 2.75 bits per heavy atom. The smallest absolute Gasteiger partial charge is 0.232 e. The Balaban J connectivity index is 1.70. The van der Waals surface area contributed by atoms with E-state index in [1.807, 2.05) is 53.4 Å². The van der Waals surface area contributed by atoms with Gasteiger partial charge in [-0.15, -0.1) is 0 Å². The summed E-state index contributed by atoms with van der Waals surface area (Å²) in [6.45, 7) is 0.563. The van der Waals surface area contributed by atoms with Gasteiger partial charge in [0.1, 0.15) is 5.75 Å². The summed E-state index contributed by atoms with van der Waals surface area (Å²) in [5.74, 6) is 1.15. The summed E-state index contributed by atoms with van der Waals surface area (Å²) < 4.78 is 6.32. The number of aromatic nitrogens is 1. The molecule has 0 bridgehead atoms. The Kier molecular flexibility index (Phi) is 3.94. The van der Waals surface area contributed by atoms with Gasteiger partial charge in [0.25, 0.3) is 0 Å². The predicted molar refractivity (Wildman–Crippen MR) is 96.5 cm³/mol. The first-order valence-electron chi connectivity index (χ1n) is 8.04. The highest BCUT2D eigenvalue weighted by Gasteiger charge is 2.35. The molecule has 0 N–H and O–H groups in total. The maximum Gasteiger partial charge on any atom is 0.232 e. The van der Waals surface area contributed by atoms with Crippen molar-refractivity contribution in [3.63, 3.8) is 0 Å². The van der Waals surface area contributed by atoms with Crippen LogP contribution in [0.25, 0.3) is 10.2 Å². The third-order valence-corrected chi connectivity index (χ3v) is 5.23.